The molecule has 1 nitrogen and oxygen atoms in total. The second kappa shape index (κ2) is 8.28. The van der Waals surface area contributed by atoms with Gasteiger partial charge in [0.2, 0.25) is 0 Å². The van der Waals surface area contributed by atoms with Gasteiger partial charge in [0, 0.05) is 10.5 Å². The Balaban J connectivity index is 2.71. The SMILES string of the molecule is CCNC(Cc1cc(Br)ccc1F)CC(C)CC(C)(C)C. The lowest BCUT2D eigenvalue weighted by Crippen LogP contribution is -2.33. The van der Waals surface area contributed by atoms with Crippen LogP contribution in [0.5, 0.6) is 0 Å². The van der Waals surface area contributed by atoms with E-state index in [2.05, 4.69) is 55.9 Å². The van der Waals surface area contributed by atoms with Crippen LogP contribution in [-0.4, -0.2) is 12.6 Å². The van der Waals surface area contributed by atoms with Crippen LogP contribution in [0.1, 0.15) is 53.0 Å². The number of nitrogens with one attached hydrogen (secondary N) is 1. The molecule has 2 atom stereocenters. The van der Waals surface area contributed by atoms with Crippen LogP contribution in [0.3, 0.4) is 0 Å². The predicted octanol–water partition coefficient (Wildman–Crippen LogP) is 5.57. The second-order valence-electron chi connectivity index (χ2n) is 7.30. The first-order valence-electron chi connectivity index (χ1n) is 7.88. The van der Waals surface area contributed by atoms with Gasteiger partial charge in [0.1, 0.15) is 5.82 Å². The molecule has 1 aromatic carbocycles. The van der Waals surface area contributed by atoms with E-state index < -0.39 is 0 Å². The summed E-state index contributed by atoms with van der Waals surface area (Å²) in [4.78, 5) is 0. The third-order valence-corrected chi connectivity index (χ3v) is 4.11. The number of hydrogen-bond acceptors (Lipinski definition) is 1. The molecule has 21 heavy (non-hydrogen) atoms. The fourth-order valence-corrected chi connectivity index (χ4v) is 3.52. The summed E-state index contributed by atoms with van der Waals surface area (Å²) in [6.07, 6.45) is 3.01. The fourth-order valence-electron chi connectivity index (χ4n) is 3.11. The van der Waals surface area contributed by atoms with Gasteiger partial charge in [-0.2, -0.15) is 0 Å². The van der Waals surface area contributed by atoms with Gasteiger partial charge < -0.3 is 5.32 Å². The van der Waals surface area contributed by atoms with Crippen molar-refractivity contribution in [3.8, 4) is 0 Å². The summed E-state index contributed by atoms with van der Waals surface area (Å²) >= 11 is 3.43. The van der Waals surface area contributed by atoms with Gasteiger partial charge in [-0.25, -0.2) is 4.39 Å². The fraction of sp³-hybridized carbons (Fsp3) is 0.667. The molecule has 0 amide bonds. The van der Waals surface area contributed by atoms with E-state index in [1.807, 2.05) is 6.07 Å². The summed E-state index contributed by atoms with van der Waals surface area (Å²) in [7, 11) is 0. The van der Waals surface area contributed by atoms with Crippen LogP contribution >= 0.6 is 15.9 Å². The van der Waals surface area contributed by atoms with Crippen molar-refractivity contribution in [1.29, 1.82) is 0 Å². The number of benzene rings is 1. The summed E-state index contributed by atoms with van der Waals surface area (Å²) in [5.41, 5.74) is 1.13. The highest BCUT2D eigenvalue weighted by molar-refractivity contribution is 9.10. The highest BCUT2D eigenvalue weighted by Gasteiger charge is 2.20. The maximum Gasteiger partial charge on any atom is 0.126 e. The van der Waals surface area contributed by atoms with Gasteiger partial charge in [0.05, 0.1) is 0 Å². The monoisotopic (exact) mass is 357 g/mol. The van der Waals surface area contributed by atoms with Crippen molar-refractivity contribution in [1.82, 2.24) is 5.32 Å². The Bertz CT molecular complexity index is 439. The van der Waals surface area contributed by atoms with E-state index >= 15 is 0 Å². The standard InChI is InChI=1S/C18H29BrFN/c1-6-21-16(9-13(2)12-18(3,4)5)11-14-10-15(19)7-8-17(14)20/h7-8,10,13,16,21H,6,9,11-12H2,1-5H3. The zero-order valence-corrected chi connectivity index (χ0v) is 15.6. The van der Waals surface area contributed by atoms with Crippen molar-refractivity contribution >= 4 is 15.9 Å². The van der Waals surface area contributed by atoms with Gasteiger partial charge in [0.15, 0.2) is 0 Å². The molecule has 0 bridgehead atoms. The number of hydrogen-bond donors (Lipinski definition) is 1. The molecule has 0 spiro atoms. The smallest absolute Gasteiger partial charge is 0.126 e. The van der Waals surface area contributed by atoms with Crippen LogP contribution in [0, 0.1) is 17.2 Å². The van der Waals surface area contributed by atoms with Gasteiger partial charge >= 0.3 is 0 Å². The molecular formula is C18H29BrFN. The Kier molecular flexibility index (Phi) is 7.35. The summed E-state index contributed by atoms with van der Waals surface area (Å²) in [6.45, 7) is 12.2. The molecule has 0 aromatic heterocycles. The third kappa shape index (κ3) is 7.42. The Morgan fingerprint density at radius 1 is 1.29 bits per heavy atom. The van der Waals surface area contributed by atoms with E-state index in [1.165, 1.54) is 6.42 Å². The van der Waals surface area contributed by atoms with Gasteiger partial charge in [0.25, 0.3) is 0 Å². The molecule has 0 saturated carbocycles. The topological polar surface area (TPSA) is 12.0 Å². The average molecular weight is 358 g/mol. The maximum absolute atomic E-state index is 13.9. The first-order valence-corrected chi connectivity index (χ1v) is 8.68. The summed E-state index contributed by atoms with van der Waals surface area (Å²) < 4.78 is 14.9. The van der Waals surface area contributed by atoms with Crippen molar-refractivity contribution in [2.45, 2.75) is 59.9 Å². The molecule has 0 aliphatic carbocycles. The molecule has 120 valence electrons. The van der Waals surface area contributed by atoms with E-state index in [9.17, 15) is 4.39 Å². The quantitative estimate of drug-likeness (QED) is 0.672. The molecule has 0 aliphatic rings. The lowest BCUT2D eigenvalue weighted by atomic mass is 9.82. The first-order chi connectivity index (χ1) is 9.71. The number of rotatable bonds is 7. The molecule has 1 aromatic rings. The largest absolute Gasteiger partial charge is 0.314 e. The third-order valence-electron chi connectivity index (χ3n) is 3.61. The number of likely N-dealkylation sites (N-methyl/N-ethyl adjacent to an activating group) is 1. The molecule has 2 unspecified atom stereocenters. The second-order valence-corrected chi connectivity index (χ2v) is 8.22. The zero-order valence-electron chi connectivity index (χ0n) is 14.0. The van der Waals surface area contributed by atoms with Crippen molar-refractivity contribution in [3.63, 3.8) is 0 Å². The Morgan fingerprint density at radius 2 is 1.95 bits per heavy atom. The van der Waals surface area contributed by atoms with Crippen molar-refractivity contribution in [2.75, 3.05) is 6.54 Å². The molecule has 1 N–H and O–H groups in total. The molecule has 0 radical (unpaired) electrons. The molecule has 3 heteroatoms. The van der Waals surface area contributed by atoms with E-state index in [4.69, 9.17) is 0 Å². The Hall–Kier alpha value is -0.410. The zero-order chi connectivity index (χ0) is 16.0. The first kappa shape index (κ1) is 18.6. The molecule has 0 fully saturated rings. The minimum absolute atomic E-state index is 0.107. The maximum atomic E-state index is 13.9. The van der Waals surface area contributed by atoms with E-state index in [0.717, 1.165) is 29.4 Å². The van der Waals surface area contributed by atoms with Crippen LogP contribution in [0.2, 0.25) is 0 Å². The van der Waals surface area contributed by atoms with Gasteiger partial charge in [-0.1, -0.05) is 50.5 Å². The van der Waals surface area contributed by atoms with Crippen LogP contribution in [0.4, 0.5) is 4.39 Å². The minimum atomic E-state index is -0.107. The Morgan fingerprint density at radius 3 is 2.52 bits per heavy atom. The number of halogens is 2. The highest BCUT2D eigenvalue weighted by atomic mass is 79.9. The van der Waals surface area contributed by atoms with E-state index in [0.29, 0.717) is 17.4 Å². The van der Waals surface area contributed by atoms with Gasteiger partial charge in [-0.15, -0.1) is 0 Å². The van der Waals surface area contributed by atoms with Crippen LogP contribution in [-0.2, 0) is 6.42 Å². The molecule has 0 heterocycles. The summed E-state index contributed by atoms with van der Waals surface area (Å²) in [5, 5.41) is 3.51. The lowest BCUT2D eigenvalue weighted by Gasteiger charge is -2.27. The molecular weight excluding hydrogens is 329 g/mol. The Labute approximate surface area is 137 Å². The van der Waals surface area contributed by atoms with Crippen LogP contribution < -0.4 is 5.32 Å². The highest BCUT2D eigenvalue weighted by Crippen LogP contribution is 2.27. The predicted molar refractivity (Wildman–Crippen MR) is 93.1 cm³/mol. The van der Waals surface area contributed by atoms with Gasteiger partial charge in [-0.05, 0) is 60.9 Å². The van der Waals surface area contributed by atoms with Crippen LogP contribution in [0.15, 0.2) is 22.7 Å². The summed E-state index contributed by atoms with van der Waals surface area (Å²) in [5.74, 6) is 0.522. The average Bonchev–Trinajstić information content (AvgIpc) is 2.31. The van der Waals surface area contributed by atoms with Crippen molar-refractivity contribution < 1.29 is 4.39 Å². The normalized spacial score (nSPS) is 15.0. The molecule has 0 saturated heterocycles. The van der Waals surface area contributed by atoms with E-state index in [-0.39, 0.29) is 5.82 Å². The lowest BCUT2D eigenvalue weighted by molar-refractivity contribution is 0.274. The molecule has 1 rings (SSSR count). The van der Waals surface area contributed by atoms with Gasteiger partial charge in [-0.3, -0.25) is 0 Å². The van der Waals surface area contributed by atoms with Crippen LogP contribution in [0.25, 0.3) is 0 Å². The minimum Gasteiger partial charge on any atom is -0.314 e. The van der Waals surface area contributed by atoms with Crippen molar-refractivity contribution in [2.24, 2.45) is 11.3 Å². The van der Waals surface area contributed by atoms with E-state index in [1.54, 1.807) is 12.1 Å². The molecule has 0 aliphatic heterocycles. The summed E-state index contributed by atoms with van der Waals surface area (Å²) in [6, 6.07) is 5.52. The van der Waals surface area contributed by atoms with Crippen molar-refractivity contribution in [3.05, 3.63) is 34.1 Å².